The summed E-state index contributed by atoms with van der Waals surface area (Å²) in [5.41, 5.74) is 0.994. The van der Waals surface area contributed by atoms with Gasteiger partial charge in [-0.05, 0) is 31.4 Å². The summed E-state index contributed by atoms with van der Waals surface area (Å²) in [6.07, 6.45) is 0.652. The molecule has 114 valence electrons. The fourth-order valence-electron chi connectivity index (χ4n) is 2.20. The summed E-state index contributed by atoms with van der Waals surface area (Å²) < 4.78 is 10.8. The normalized spacial score (nSPS) is 18.1. The first-order chi connectivity index (χ1) is 10.1. The number of carbonyl (C=O) groups excluding carboxylic acids is 2. The quantitative estimate of drug-likeness (QED) is 0.839. The maximum atomic E-state index is 12.1. The molecule has 1 aliphatic rings. The molecular weight excluding hydrogens is 270 g/mol. The number of para-hydroxylation sites is 1. The third-order valence-electron chi connectivity index (χ3n) is 3.42. The first-order valence-electron chi connectivity index (χ1n) is 7.30. The average molecular weight is 291 g/mol. The van der Waals surface area contributed by atoms with Gasteiger partial charge in [0.2, 0.25) is 0 Å². The minimum atomic E-state index is -0.777. The summed E-state index contributed by atoms with van der Waals surface area (Å²) in [5, 5.41) is 2.71. The van der Waals surface area contributed by atoms with Crippen molar-refractivity contribution in [3.8, 4) is 5.75 Å². The number of fused-ring (bicyclic) bond motifs is 1. The molecular formula is C16H21NO4. The van der Waals surface area contributed by atoms with Gasteiger partial charge in [-0.2, -0.15) is 0 Å². The maximum absolute atomic E-state index is 12.1. The van der Waals surface area contributed by atoms with Crippen LogP contribution in [0.15, 0.2) is 24.3 Å². The van der Waals surface area contributed by atoms with Crippen LogP contribution >= 0.6 is 0 Å². The number of rotatable bonds is 5. The number of hydrogen-bond donors (Lipinski definition) is 1. The van der Waals surface area contributed by atoms with Crippen LogP contribution in [-0.2, 0) is 20.7 Å². The van der Waals surface area contributed by atoms with E-state index in [1.54, 1.807) is 6.92 Å². The lowest BCUT2D eigenvalue weighted by Gasteiger charge is -2.25. The van der Waals surface area contributed by atoms with E-state index >= 15 is 0 Å². The summed E-state index contributed by atoms with van der Waals surface area (Å²) in [6, 6.07) is 7.64. The molecule has 0 radical (unpaired) electrons. The highest BCUT2D eigenvalue weighted by Crippen LogP contribution is 2.27. The highest BCUT2D eigenvalue weighted by Gasteiger charge is 2.29. The van der Waals surface area contributed by atoms with Crippen molar-refractivity contribution in [1.29, 1.82) is 0 Å². The van der Waals surface area contributed by atoms with E-state index in [9.17, 15) is 9.59 Å². The van der Waals surface area contributed by atoms with E-state index in [4.69, 9.17) is 9.47 Å². The number of carbonyl (C=O) groups is 2. The predicted octanol–water partition coefficient (Wildman–Crippen LogP) is 1.70. The van der Waals surface area contributed by atoms with Gasteiger partial charge in [0.15, 0.2) is 6.10 Å². The van der Waals surface area contributed by atoms with Gasteiger partial charge in [0, 0.05) is 6.54 Å². The zero-order valence-corrected chi connectivity index (χ0v) is 12.4. The van der Waals surface area contributed by atoms with Gasteiger partial charge < -0.3 is 14.8 Å². The van der Waals surface area contributed by atoms with Gasteiger partial charge in [0.1, 0.15) is 12.4 Å². The lowest BCUT2D eigenvalue weighted by Crippen LogP contribution is -2.39. The summed E-state index contributed by atoms with van der Waals surface area (Å²) in [6.45, 7) is 4.42. The second-order valence-corrected chi connectivity index (χ2v) is 5.19. The van der Waals surface area contributed by atoms with E-state index in [2.05, 4.69) is 5.32 Å². The summed E-state index contributed by atoms with van der Waals surface area (Å²) >= 11 is 0. The third-order valence-corrected chi connectivity index (χ3v) is 3.42. The molecule has 0 spiro atoms. The first kappa shape index (κ1) is 15.4. The van der Waals surface area contributed by atoms with E-state index in [-0.39, 0.29) is 17.8 Å². The number of nitrogens with one attached hydrogen (secondary N) is 1. The van der Waals surface area contributed by atoms with E-state index in [1.165, 1.54) is 0 Å². The van der Waals surface area contributed by atoms with Crippen LogP contribution in [0.25, 0.3) is 0 Å². The molecule has 1 amide bonds. The van der Waals surface area contributed by atoms with Crippen molar-refractivity contribution < 1.29 is 19.1 Å². The SMILES string of the molecule is CCCNC(=O)C(C)OC(=O)C1COc2ccccc2C1. The van der Waals surface area contributed by atoms with Crippen LogP contribution in [0.1, 0.15) is 25.8 Å². The van der Waals surface area contributed by atoms with Gasteiger partial charge in [-0.25, -0.2) is 0 Å². The fraction of sp³-hybridized carbons (Fsp3) is 0.500. The standard InChI is InChI=1S/C16H21NO4/c1-3-8-17-15(18)11(2)21-16(19)13-9-12-6-4-5-7-14(12)20-10-13/h4-7,11,13H,3,8-10H2,1-2H3,(H,17,18). The second-order valence-electron chi connectivity index (χ2n) is 5.19. The Morgan fingerprint density at radius 2 is 2.19 bits per heavy atom. The Hall–Kier alpha value is -2.04. The molecule has 5 heteroatoms. The predicted molar refractivity (Wildman–Crippen MR) is 78.0 cm³/mol. The summed E-state index contributed by atoms with van der Waals surface area (Å²) in [4.78, 5) is 23.8. The first-order valence-corrected chi connectivity index (χ1v) is 7.30. The van der Waals surface area contributed by atoms with E-state index in [1.807, 2.05) is 31.2 Å². The smallest absolute Gasteiger partial charge is 0.313 e. The van der Waals surface area contributed by atoms with E-state index < -0.39 is 6.10 Å². The molecule has 2 unspecified atom stereocenters. The van der Waals surface area contributed by atoms with Crippen molar-refractivity contribution in [3.63, 3.8) is 0 Å². The molecule has 2 atom stereocenters. The number of hydrogen-bond acceptors (Lipinski definition) is 4. The zero-order valence-electron chi connectivity index (χ0n) is 12.4. The van der Waals surface area contributed by atoms with Crippen LogP contribution < -0.4 is 10.1 Å². The lowest BCUT2D eigenvalue weighted by molar-refractivity contribution is -0.160. The largest absolute Gasteiger partial charge is 0.492 e. The van der Waals surface area contributed by atoms with Crippen molar-refractivity contribution in [1.82, 2.24) is 5.32 Å². The fourth-order valence-corrected chi connectivity index (χ4v) is 2.20. The Kier molecular flexibility index (Phi) is 5.20. The Bertz CT molecular complexity index is 515. The molecule has 2 rings (SSSR count). The minimum absolute atomic E-state index is 0.262. The van der Waals surface area contributed by atoms with Gasteiger partial charge in [-0.15, -0.1) is 0 Å². The molecule has 1 N–H and O–H groups in total. The Morgan fingerprint density at radius 3 is 2.95 bits per heavy atom. The zero-order chi connectivity index (χ0) is 15.2. The number of benzene rings is 1. The molecule has 0 aliphatic carbocycles. The van der Waals surface area contributed by atoms with Gasteiger partial charge in [0.05, 0.1) is 5.92 Å². The van der Waals surface area contributed by atoms with Gasteiger partial charge in [0.25, 0.3) is 5.91 Å². The maximum Gasteiger partial charge on any atom is 0.313 e. The second kappa shape index (κ2) is 7.11. The van der Waals surface area contributed by atoms with Gasteiger partial charge in [-0.1, -0.05) is 25.1 Å². The molecule has 1 heterocycles. The topological polar surface area (TPSA) is 64.6 Å². The van der Waals surface area contributed by atoms with Crippen molar-refractivity contribution >= 4 is 11.9 Å². The van der Waals surface area contributed by atoms with Crippen LogP contribution in [-0.4, -0.2) is 31.1 Å². The van der Waals surface area contributed by atoms with Crippen LogP contribution in [0.4, 0.5) is 0 Å². The van der Waals surface area contributed by atoms with Crippen LogP contribution in [0.2, 0.25) is 0 Å². The van der Waals surface area contributed by atoms with Gasteiger partial charge in [-0.3, -0.25) is 9.59 Å². The molecule has 1 aromatic carbocycles. The molecule has 0 bridgehead atoms. The monoisotopic (exact) mass is 291 g/mol. The molecule has 0 fully saturated rings. The van der Waals surface area contributed by atoms with Crippen LogP contribution in [0, 0.1) is 5.92 Å². The molecule has 0 saturated heterocycles. The van der Waals surface area contributed by atoms with E-state index in [0.29, 0.717) is 19.6 Å². The average Bonchev–Trinajstić information content (AvgIpc) is 2.51. The third kappa shape index (κ3) is 3.97. The van der Waals surface area contributed by atoms with Crippen molar-refractivity contribution in [2.75, 3.05) is 13.2 Å². The van der Waals surface area contributed by atoms with Crippen LogP contribution in [0.3, 0.4) is 0 Å². The molecule has 1 aliphatic heterocycles. The van der Waals surface area contributed by atoms with Crippen LogP contribution in [0.5, 0.6) is 5.75 Å². The Morgan fingerprint density at radius 1 is 1.43 bits per heavy atom. The lowest BCUT2D eigenvalue weighted by atomic mass is 9.97. The molecule has 21 heavy (non-hydrogen) atoms. The molecule has 1 aromatic rings. The van der Waals surface area contributed by atoms with E-state index in [0.717, 1.165) is 17.7 Å². The Balaban J connectivity index is 1.88. The van der Waals surface area contributed by atoms with Crippen molar-refractivity contribution in [2.45, 2.75) is 32.8 Å². The Labute approximate surface area is 124 Å². The molecule has 0 saturated carbocycles. The number of ether oxygens (including phenoxy) is 2. The molecule has 0 aromatic heterocycles. The van der Waals surface area contributed by atoms with Gasteiger partial charge >= 0.3 is 5.97 Å². The highest BCUT2D eigenvalue weighted by molar-refractivity contribution is 5.84. The number of amides is 1. The summed E-state index contributed by atoms with van der Waals surface area (Å²) in [7, 11) is 0. The molecule has 5 nitrogen and oxygen atoms in total. The highest BCUT2D eigenvalue weighted by atomic mass is 16.6. The van der Waals surface area contributed by atoms with Crippen molar-refractivity contribution in [3.05, 3.63) is 29.8 Å². The van der Waals surface area contributed by atoms with Crippen molar-refractivity contribution in [2.24, 2.45) is 5.92 Å². The summed E-state index contributed by atoms with van der Waals surface area (Å²) in [5.74, 6) is -0.192. The number of esters is 1. The minimum Gasteiger partial charge on any atom is -0.492 e.